The van der Waals surface area contributed by atoms with Gasteiger partial charge in [0.15, 0.2) is 0 Å². The molecule has 0 spiro atoms. The molecule has 0 amide bonds. The second kappa shape index (κ2) is 3.46. The maximum Gasteiger partial charge on any atom is 0.335 e. The SMILES string of the molecule is CC1CNc2cc(C(=O)O)ccc2N1C. The number of carboxylic acid groups (broad SMARTS) is 1. The number of carboxylic acids is 1. The third kappa shape index (κ3) is 1.63. The van der Waals surface area contributed by atoms with Crippen LogP contribution in [-0.2, 0) is 0 Å². The molecule has 1 aromatic carbocycles. The maximum atomic E-state index is 10.8. The number of anilines is 2. The molecule has 1 heterocycles. The van der Waals surface area contributed by atoms with Crippen LogP contribution in [0.4, 0.5) is 11.4 Å². The number of nitrogens with zero attached hydrogens (tertiary/aromatic N) is 1. The molecule has 0 radical (unpaired) electrons. The lowest BCUT2D eigenvalue weighted by Gasteiger charge is -2.34. The van der Waals surface area contributed by atoms with Crippen LogP contribution in [0.3, 0.4) is 0 Å². The lowest BCUT2D eigenvalue weighted by molar-refractivity contribution is 0.0697. The van der Waals surface area contributed by atoms with Gasteiger partial charge in [-0.05, 0) is 25.1 Å². The maximum absolute atomic E-state index is 10.8. The highest BCUT2D eigenvalue weighted by Crippen LogP contribution is 2.30. The smallest absolute Gasteiger partial charge is 0.335 e. The predicted octanol–water partition coefficient (Wildman–Crippen LogP) is 1.64. The van der Waals surface area contributed by atoms with Crippen molar-refractivity contribution < 1.29 is 9.90 Å². The van der Waals surface area contributed by atoms with Crippen molar-refractivity contribution in [3.63, 3.8) is 0 Å². The third-order valence-electron chi connectivity index (χ3n) is 2.87. The van der Waals surface area contributed by atoms with E-state index in [4.69, 9.17) is 5.11 Å². The van der Waals surface area contributed by atoms with E-state index >= 15 is 0 Å². The van der Waals surface area contributed by atoms with Gasteiger partial charge in [-0.15, -0.1) is 0 Å². The second-order valence-corrected chi connectivity index (χ2v) is 3.88. The summed E-state index contributed by atoms with van der Waals surface area (Å²) in [5.41, 5.74) is 2.28. The molecule has 0 aromatic heterocycles. The number of aromatic carboxylic acids is 1. The number of rotatable bonds is 1. The number of likely N-dealkylation sites (N-methyl/N-ethyl adjacent to an activating group) is 1. The van der Waals surface area contributed by atoms with E-state index in [9.17, 15) is 4.79 Å². The van der Waals surface area contributed by atoms with E-state index in [0.717, 1.165) is 17.9 Å². The Hall–Kier alpha value is -1.71. The van der Waals surface area contributed by atoms with Crippen LogP contribution in [-0.4, -0.2) is 30.7 Å². The van der Waals surface area contributed by atoms with Crippen molar-refractivity contribution in [3.8, 4) is 0 Å². The zero-order valence-electron chi connectivity index (χ0n) is 8.82. The van der Waals surface area contributed by atoms with Gasteiger partial charge in [0, 0.05) is 19.6 Å². The van der Waals surface area contributed by atoms with E-state index in [-0.39, 0.29) is 0 Å². The fourth-order valence-electron chi connectivity index (χ4n) is 1.75. The van der Waals surface area contributed by atoms with Crippen molar-refractivity contribution in [3.05, 3.63) is 23.8 Å². The highest BCUT2D eigenvalue weighted by molar-refractivity contribution is 5.91. The lowest BCUT2D eigenvalue weighted by Crippen LogP contribution is -2.39. The normalized spacial score (nSPS) is 19.3. The van der Waals surface area contributed by atoms with E-state index in [2.05, 4.69) is 17.1 Å². The van der Waals surface area contributed by atoms with Gasteiger partial charge in [-0.3, -0.25) is 0 Å². The molecular weight excluding hydrogens is 192 g/mol. The van der Waals surface area contributed by atoms with Crippen LogP contribution in [0.15, 0.2) is 18.2 Å². The fourth-order valence-corrected chi connectivity index (χ4v) is 1.75. The van der Waals surface area contributed by atoms with Crippen LogP contribution < -0.4 is 10.2 Å². The third-order valence-corrected chi connectivity index (χ3v) is 2.87. The molecule has 15 heavy (non-hydrogen) atoms. The summed E-state index contributed by atoms with van der Waals surface area (Å²) in [6.07, 6.45) is 0. The summed E-state index contributed by atoms with van der Waals surface area (Å²) in [5.74, 6) is -0.888. The van der Waals surface area contributed by atoms with Crippen molar-refractivity contribution in [2.24, 2.45) is 0 Å². The lowest BCUT2D eigenvalue weighted by atomic mass is 10.1. The van der Waals surface area contributed by atoms with Crippen LogP contribution in [0.25, 0.3) is 0 Å². The molecule has 80 valence electrons. The van der Waals surface area contributed by atoms with E-state index in [1.165, 1.54) is 0 Å². The predicted molar refractivity (Wildman–Crippen MR) is 59.8 cm³/mol. The first-order valence-electron chi connectivity index (χ1n) is 4.93. The Morgan fingerprint density at radius 2 is 2.33 bits per heavy atom. The van der Waals surface area contributed by atoms with Crippen LogP contribution >= 0.6 is 0 Å². The molecule has 2 N–H and O–H groups in total. The topological polar surface area (TPSA) is 52.6 Å². The Morgan fingerprint density at radius 1 is 1.60 bits per heavy atom. The first-order valence-corrected chi connectivity index (χ1v) is 4.93. The van der Waals surface area contributed by atoms with Gasteiger partial charge in [0.1, 0.15) is 0 Å². The summed E-state index contributed by atoms with van der Waals surface area (Å²) >= 11 is 0. The number of hydrogen-bond acceptors (Lipinski definition) is 3. The standard InChI is InChI=1S/C11H14N2O2/c1-7-6-12-9-5-8(11(14)15)3-4-10(9)13(7)2/h3-5,7,12H,6H2,1-2H3,(H,14,15). The number of nitrogens with one attached hydrogen (secondary N) is 1. The molecule has 2 rings (SSSR count). The van der Waals surface area contributed by atoms with Crippen molar-refractivity contribution in [1.29, 1.82) is 0 Å². The Kier molecular flexibility index (Phi) is 2.26. The molecule has 0 bridgehead atoms. The first kappa shape index (κ1) is 9.83. The van der Waals surface area contributed by atoms with Crippen LogP contribution in [0.5, 0.6) is 0 Å². The molecule has 1 unspecified atom stereocenters. The van der Waals surface area contributed by atoms with Gasteiger partial charge in [0.25, 0.3) is 0 Å². The zero-order chi connectivity index (χ0) is 11.0. The van der Waals surface area contributed by atoms with Crippen LogP contribution in [0, 0.1) is 0 Å². The van der Waals surface area contributed by atoms with E-state index < -0.39 is 5.97 Å². The fraction of sp³-hybridized carbons (Fsp3) is 0.364. The van der Waals surface area contributed by atoms with Crippen LogP contribution in [0.1, 0.15) is 17.3 Å². The second-order valence-electron chi connectivity index (χ2n) is 3.88. The summed E-state index contributed by atoms with van der Waals surface area (Å²) in [7, 11) is 2.02. The molecule has 1 atom stereocenters. The summed E-state index contributed by atoms with van der Waals surface area (Å²) < 4.78 is 0. The molecule has 0 fully saturated rings. The van der Waals surface area contributed by atoms with Gasteiger partial charge in [0.05, 0.1) is 16.9 Å². The molecule has 4 heteroatoms. The van der Waals surface area contributed by atoms with Crippen molar-refractivity contribution >= 4 is 17.3 Å². The average molecular weight is 206 g/mol. The number of hydrogen-bond donors (Lipinski definition) is 2. The monoisotopic (exact) mass is 206 g/mol. The van der Waals surface area contributed by atoms with Crippen molar-refractivity contribution in [1.82, 2.24) is 0 Å². The van der Waals surface area contributed by atoms with Crippen molar-refractivity contribution in [2.75, 3.05) is 23.8 Å². The Labute approximate surface area is 88.5 Å². The molecule has 1 aliphatic heterocycles. The minimum Gasteiger partial charge on any atom is -0.478 e. The Bertz CT molecular complexity index is 404. The molecule has 0 saturated carbocycles. The Balaban J connectivity index is 2.42. The van der Waals surface area contributed by atoms with Gasteiger partial charge in [-0.2, -0.15) is 0 Å². The van der Waals surface area contributed by atoms with Gasteiger partial charge in [0.2, 0.25) is 0 Å². The molecule has 0 saturated heterocycles. The van der Waals surface area contributed by atoms with E-state index in [1.54, 1.807) is 12.1 Å². The summed E-state index contributed by atoms with van der Waals surface area (Å²) in [5, 5.41) is 12.1. The molecule has 0 aliphatic carbocycles. The molecular formula is C11H14N2O2. The highest BCUT2D eigenvalue weighted by atomic mass is 16.4. The van der Waals surface area contributed by atoms with Gasteiger partial charge >= 0.3 is 5.97 Å². The zero-order valence-corrected chi connectivity index (χ0v) is 8.82. The number of carbonyl (C=O) groups is 1. The van der Waals surface area contributed by atoms with Gasteiger partial charge in [-0.1, -0.05) is 0 Å². The summed E-state index contributed by atoms with van der Waals surface area (Å²) in [4.78, 5) is 12.9. The van der Waals surface area contributed by atoms with Gasteiger partial charge in [-0.25, -0.2) is 4.79 Å². The Morgan fingerprint density at radius 3 is 3.00 bits per heavy atom. The number of fused-ring (bicyclic) bond motifs is 1. The molecule has 1 aliphatic rings. The quantitative estimate of drug-likeness (QED) is 0.733. The highest BCUT2D eigenvalue weighted by Gasteiger charge is 2.20. The first-order chi connectivity index (χ1) is 7.09. The largest absolute Gasteiger partial charge is 0.478 e. The van der Waals surface area contributed by atoms with Crippen LogP contribution in [0.2, 0.25) is 0 Å². The minimum absolute atomic E-state index is 0.323. The summed E-state index contributed by atoms with van der Waals surface area (Å²) in [6.45, 7) is 2.97. The number of benzene rings is 1. The minimum atomic E-state index is -0.888. The van der Waals surface area contributed by atoms with Gasteiger partial charge < -0.3 is 15.3 Å². The van der Waals surface area contributed by atoms with E-state index in [0.29, 0.717) is 11.6 Å². The van der Waals surface area contributed by atoms with E-state index in [1.807, 2.05) is 13.1 Å². The summed E-state index contributed by atoms with van der Waals surface area (Å²) in [6, 6.07) is 5.59. The average Bonchev–Trinajstić information content (AvgIpc) is 2.23. The molecule has 1 aromatic rings. The molecule has 4 nitrogen and oxygen atoms in total. The van der Waals surface area contributed by atoms with Crippen molar-refractivity contribution in [2.45, 2.75) is 13.0 Å².